The normalized spacial score (nSPS) is 9.64. The van der Waals surface area contributed by atoms with Crippen LogP contribution in [0.3, 0.4) is 0 Å². The summed E-state index contributed by atoms with van der Waals surface area (Å²) in [5.41, 5.74) is 0. The first-order valence-electron chi connectivity index (χ1n) is 2.82. The van der Waals surface area contributed by atoms with Gasteiger partial charge in [-0.3, -0.25) is 0 Å². The topological polar surface area (TPSA) is 12.9 Å². The van der Waals surface area contributed by atoms with Gasteiger partial charge in [-0.2, -0.15) is 0 Å². The standard InChI is InChI=1S/C6H5Br2NS2/c7-5(8)1-3-10-6-9-2-4-11-6/h1-2,4H,3H2. The molecule has 1 nitrogen and oxygen atoms in total. The summed E-state index contributed by atoms with van der Waals surface area (Å²) in [4.78, 5) is 4.13. The van der Waals surface area contributed by atoms with Gasteiger partial charge in [0.05, 0.1) is 3.39 Å². The van der Waals surface area contributed by atoms with E-state index >= 15 is 0 Å². The average molecular weight is 315 g/mol. The van der Waals surface area contributed by atoms with Gasteiger partial charge in [0.25, 0.3) is 0 Å². The van der Waals surface area contributed by atoms with Gasteiger partial charge in [-0.05, 0) is 31.9 Å². The van der Waals surface area contributed by atoms with Crippen LogP contribution in [0, 0.1) is 0 Å². The molecule has 0 atom stereocenters. The predicted octanol–water partition coefficient (Wildman–Crippen LogP) is 3.87. The molecule has 0 bridgehead atoms. The van der Waals surface area contributed by atoms with Gasteiger partial charge in [-0.1, -0.05) is 17.8 Å². The second-order valence-corrected chi connectivity index (χ2v) is 6.54. The Kier molecular flexibility index (Phi) is 4.75. The monoisotopic (exact) mass is 313 g/mol. The van der Waals surface area contributed by atoms with E-state index in [1.54, 1.807) is 23.1 Å². The molecule has 0 radical (unpaired) electrons. The highest BCUT2D eigenvalue weighted by Gasteiger charge is 1.92. The van der Waals surface area contributed by atoms with E-state index in [2.05, 4.69) is 36.8 Å². The zero-order valence-corrected chi connectivity index (χ0v) is 10.3. The number of aromatic nitrogens is 1. The van der Waals surface area contributed by atoms with Crippen LogP contribution < -0.4 is 0 Å². The van der Waals surface area contributed by atoms with Crippen molar-refractivity contribution in [2.45, 2.75) is 4.34 Å². The summed E-state index contributed by atoms with van der Waals surface area (Å²) in [6, 6.07) is 0. The fraction of sp³-hybridized carbons (Fsp3) is 0.167. The molecule has 1 aromatic heterocycles. The van der Waals surface area contributed by atoms with E-state index in [1.165, 1.54) is 0 Å². The second kappa shape index (κ2) is 5.35. The highest BCUT2D eigenvalue weighted by molar-refractivity contribution is 9.28. The van der Waals surface area contributed by atoms with Gasteiger partial charge in [0.15, 0.2) is 0 Å². The number of nitrogens with zero attached hydrogens (tertiary/aromatic N) is 1. The molecule has 0 aliphatic rings. The van der Waals surface area contributed by atoms with Gasteiger partial charge in [0, 0.05) is 17.3 Å². The number of hydrogen-bond donors (Lipinski definition) is 0. The summed E-state index contributed by atoms with van der Waals surface area (Å²) in [7, 11) is 0. The van der Waals surface area contributed by atoms with E-state index in [-0.39, 0.29) is 0 Å². The Morgan fingerprint density at radius 3 is 3.09 bits per heavy atom. The van der Waals surface area contributed by atoms with Crippen molar-refractivity contribution in [3.63, 3.8) is 0 Å². The van der Waals surface area contributed by atoms with Crippen LogP contribution in [-0.4, -0.2) is 10.7 Å². The van der Waals surface area contributed by atoms with Crippen molar-refractivity contribution in [2.75, 3.05) is 5.75 Å². The van der Waals surface area contributed by atoms with Crippen molar-refractivity contribution in [1.29, 1.82) is 0 Å². The third kappa shape index (κ3) is 4.30. The SMILES string of the molecule is BrC(Br)=CCSc1nccs1. The largest absolute Gasteiger partial charge is 0.238 e. The highest BCUT2D eigenvalue weighted by atomic mass is 79.9. The quantitative estimate of drug-likeness (QED) is 0.786. The van der Waals surface area contributed by atoms with Gasteiger partial charge < -0.3 is 0 Å². The molecule has 0 spiro atoms. The Morgan fingerprint density at radius 2 is 2.55 bits per heavy atom. The minimum absolute atomic E-state index is 0.944. The molecular weight excluding hydrogens is 310 g/mol. The smallest absolute Gasteiger partial charge is 0.150 e. The number of hydrogen-bond acceptors (Lipinski definition) is 3. The van der Waals surface area contributed by atoms with Crippen molar-refractivity contribution in [1.82, 2.24) is 4.98 Å². The Labute approximate surface area is 90.6 Å². The lowest BCUT2D eigenvalue weighted by atomic mass is 10.8. The van der Waals surface area contributed by atoms with Crippen LogP contribution in [0.25, 0.3) is 0 Å². The lowest BCUT2D eigenvalue weighted by Gasteiger charge is -1.88. The fourth-order valence-electron chi connectivity index (χ4n) is 0.458. The summed E-state index contributed by atoms with van der Waals surface area (Å²) >= 11 is 9.97. The average Bonchev–Trinajstić information content (AvgIpc) is 2.39. The first-order valence-corrected chi connectivity index (χ1v) is 6.27. The molecule has 0 amide bonds. The lowest BCUT2D eigenvalue weighted by molar-refractivity contribution is 1.25. The Morgan fingerprint density at radius 1 is 1.73 bits per heavy atom. The van der Waals surface area contributed by atoms with Crippen molar-refractivity contribution in [3.8, 4) is 0 Å². The third-order valence-electron chi connectivity index (χ3n) is 0.854. The molecular formula is C6H5Br2NS2. The summed E-state index contributed by atoms with van der Waals surface area (Å²) in [5.74, 6) is 0.944. The van der Waals surface area contributed by atoms with Gasteiger partial charge in [0.1, 0.15) is 4.34 Å². The second-order valence-electron chi connectivity index (χ2n) is 1.60. The molecule has 60 valence electrons. The molecule has 0 fully saturated rings. The molecule has 0 saturated heterocycles. The Balaban J connectivity index is 2.30. The van der Waals surface area contributed by atoms with Crippen molar-refractivity contribution >= 4 is 55.0 Å². The van der Waals surface area contributed by atoms with Crippen LogP contribution in [0.2, 0.25) is 0 Å². The molecule has 1 rings (SSSR count). The van der Waals surface area contributed by atoms with Crippen LogP contribution in [0.15, 0.2) is 25.4 Å². The maximum Gasteiger partial charge on any atom is 0.150 e. The van der Waals surface area contributed by atoms with Crippen LogP contribution >= 0.6 is 55.0 Å². The molecule has 0 N–H and O–H groups in total. The van der Waals surface area contributed by atoms with E-state index in [0.717, 1.165) is 13.5 Å². The minimum Gasteiger partial charge on any atom is -0.238 e. The molecule has 5 heteroatoms. The molecule has 0 unspecified atom stereocenters. The summed E-state index contributed by atoms with van der Waals surface area (Å²) < 4.78 is 2.11. The van der Waals surface area contributed by atoms with Gasteiger partial charge in [-0.15, -0.1) is 11.3 Å². The molecule has 0 aliphatic carbocycles. The van der Waals surface area contributed by atoms with E-state index in [0.29, 0.717) is 0 Å². The van der Waals surface area contributed by atoms with Crippen LogP contribution in [0.5, 0.6) is 0 Å². The number of halogens is 2. The maximum absolute atomic E-state index is 4.13. The predicted molar refractivity (Wildman–Crippen MR) is 58.8 cm³/mol. The van der Waals surface area contributed by atoms with Gasteiger partial charge in [-0.25, -0.2) is 4.98 Å². The van der Waals surface area contributed by atoms with Crippen molar-refractivity contribution < 1.29 is 0 Å². The zero-order valence-electron chi connectivity index (χ0n) is 5.46. The van der Waals surface area contributed by atoms with Crippen LogP contribution in [0.1, 0.15) is 0 Å². The highest BCUT2D eigenvalue weighted by Crippen LogP contribution is 2.22. The number of thiazole rings is 1. The third-order valence-corrected chi connectivity index (χ3v) is 3.39. The van der Waals surface area contributed by atoms with Crippen molar-refractivity contribution in [3.05, 3.63) is 21.0 Å². The van der Waals surface area contributed by atoms with E-state index < -0.39 is 0 Å². The first kappa shape index (κ1) is 9.77. The first-order chi connectivity index (χ1) is 5.29. The molecule has 0 aliphatic heterocycles. The molecule has 0 aromatic carbocycles. The molecule has 0 saturated carbocycles. The van der Waals surface area contributed by atoms with Crippen LogP contribution in [0.4, 0.5) is 0 Å². The van der Waals surface area contributed by atoms with Gasteiger partial charge in [0.2, 0.25) is 0 Å². The Bertz CT molecular complexity index is 229. The lowest BCUT2D eigenvalue weighted by Crippen LogP contribution is -1.70. The van der Waals surface area contributed by atoms with Gasteiger partial charge >= 0.3 is 0 Å². The molecule has 1 heterocycles. The Hall–Kier alpha value is 0.680. The number of rotatable bonds is 3. The van der Waals surface area contributed by atoms with Crippen molar-refractivity contribution in [2.24, 2.45) is 0 Å². The summed E-state index contributed by atoms with van der Waals surface area (Å²) in [5, 5.41) is 1.98. The zero-order chi connectivity index (χ0) is 8.10. The van der Waals surface area contributed by atoms with E-state index in [9.17, 15) is 0 Å². The summed E-state index contributed by atoms with van der Waals surface area (Å²) in [6.07, 6.45) is 3.87. The molecule has 1 aromatic rings. The fourth-order valence-corrected chi connectivity index (χ4v) is 2.74. The van der Waals surface area contributed by atoms with E-state index in [1.807, 2.05) is 17.7 Å². The minimum atomic E-state index is 0.944. The number of thioether (sulfide) groups is 1. The summed E-state index contributed by atoms with van der Waals surface area (Å²) in [6.45, 7) is 0. The van der Waals surface area contributed by atoms with Crippen LogP contribution in [-0.2, 0) is 0 Å². The molecule has 11 heavy (non-hydrogen) atoms. The van der Waals surface area contributed by atoms with E-state index in [4.69, 9.17) is 0 Å². The maximum atomic E-state index is 4.13.